The van der Waals surface area contributed by atoms with Crippen LogP contribution in [0.1, 0.15) is 27.6 Å². The van der Waals surface area contributed by atoms with Crippen molar-refractivity contribution in [1.82, 2.24) is 0 Å². The van der Waals surface area contributed by atoms with E-state index in [-0.39, 0.29) is 11.3 Å². The molecule has 19 heavy (non-hydrogen) atoms. The van der Waals surface area contributed by atoms with Gasteiger partial charge in [-0.1, -0.05) is 42.5 Å². The number of aliphatic hydroxyl groups excluding tert-OH is 1. The quantitative estimate of drug-likeness (QED) is 0.884. The molecule has 0 fully saturated rings. The van der Waals surface area contributed by atoms with Crippen molar-refractivity contribution in [1.29, 1.82) is 0 Å². The molecule has 1 unspecified atom stereocenters. The molecule has 0 aliphatic carbocycles. The summed E-state index contributed by atoms with van der Waals surface area (Å²) in [5.74, 6) is -0.898. The fraction of sp³-hybridized carbons (Fsp3) is 0.133. The number of ether oxygens (including phenoxy) is 1. The smallest absolute Gasteiger partial charge is 0.339 e. The number of aliphatic hydroxyl groups is 1. The molecule has 2 rings (SSSR count). The van der Waals surface area contributed by atoms with E-state index in [4.69, 9.17) is 9.84 Å². The van der Waals surface area contributed by atoms with E-state index in [2.05, 4.69) is 0 Å². The molecule has 0 aliphatic rings. The Morgan fingerprint density at radius 3 is 2.37 bits per heavy atom. The van der Waals surface area contributed by atoms with E-state index in [9.17, 15) is 9.90 Å². The second-order valence-corrected chi connectivity index (χ2v) is 4.05. The molecule has 4 nitrogen and oxygen atoms in total. The molecule has 0 bridgehead atoms. The molecule has 0 saturated heterocycles. The van der Waals surface area contributed by atoms with Crippen LogP contribution in [0.2, 0.25) is 0 Å². The first-order valence-corrected chi connectivity index (χ1v) is 5.78. The van der Waals surface area contributed by atoms with E-state index in [1.165, 1.54) is 13.2 Å². The Morgan fingerprint density at radius 1 is 1.11 bits per heavy atom. The topological polar surface area (TPSA) is 66.8 Å². The normalized spacial score (nSPS) is 11.9. The lowest BCUT2D eigenvalue weighted by Crippen LogP contribution is -2.07. The highest BCUT2D eigenvalue weighted by atomic mass is 16.5. The number of rotatable bonds is 4. The highest BCUT2D eigenvalue weighted by Crippen LogP contribution is 2.32. The zero-order valence-electron chi connectivity index (χ0n) is 10.4. The van der Waals surface area contributed by atoms with Crippen molar-refractivity contribution in [2.45, 2.75) is 6.10 Å². The Labute approximate surface area is 110 Å². The number of carbonyl (C=O) groups is 1. The average molecular weight is 258 g/mol. The van der Waals surface area contributed by atoms with Gasteiger partial charge in [-0.25, -0.2) is 4.79 Å². The van der Waals surface area contributed by atoms with E-state index < -0.39 is 12.1 Å². The Bertz CT molecular complexity index is 578. The Hall–Kier alpha value is -2.33. The molecule has 1 atom stereocenters. The van der Waals surface area contributed by atoms with Gasteiger partial charge in [0.25, 0.3) is 0 Å². The molecular formula is C15H14O4. The van der Waals surface area contributed by atoms with Crippen molar-refractivity contribution in [2.24, 2.45) is 0 Å². The maximum atomic E-state index is 11.1. The van der Waals surface area contributed by atoms with Crippen LogP contribution in [0.25, 0.3) is 0 Å². The molecule has 2 N–H and O–H groups in total. The molecule has 0 aliphatic heterocycles. The molecule has 0 radical (unpaired) electrons. The highest BCUT2D eigenvalue weighted by Gasteiger charge is 2.20. The first-order valence-electron chi connectivity index (χ1n) is 5.78. The van der Waals surface area contributed by atoms with Gasteiger partial charge in [0.1, 0.15) is 17.4 Å². The fourth-order valence-electron chi connectivity index (χ4n) is 1.98. The fourth-order valence-corrected chi connectivity index (χ4v) is 1.98. The standard InChI is InChI=1S/C15H14O4/c1-19-14-11(8-5-9-12(14)15(17)18)13(16)10-6-3-2-4-7-10/h2-9,13,16H,1H3,(H,17,18). The molecule has 0 saturated carbocycles. The van der Waals surface area contributed by atoms with Gasteiger partial charge in [-0.2, -0.15) is 0 Å². The molecule has 0 heterocycles. The summed E-state index contributed by atoms with van der Waals surface area (Å²) >= 11 is 0. The number of methoxy groups -OCH3 is 1. The minimum Gasteiger partial charge on any atom is -0.495 e. The van der Waals surface area contributed by atoms with Crippen LogP contribution in [0, 0.1) is 0 Å². The van der Waals surface area contributed by atoms with Gasteiger partial charge >= 0.3 is 5.97 Å². The third-order valence-electron chi connectivity index (χ3n) is 2.89. The molecule has 0 amide bonds. The van der Waals surface area contributed by atoms with E-state index in [0.29, 0.717) is 11.1 Å². The number of benzene rings is 2. The van der Waals surface area contributed by atoms with Gasteiger partial charge in [-0.05, 0) is 11.6 Å². The van der Waals surface area contributed by atoms with Gasteiger partial charge in [0.05, 0.1) is 7.11 Å². The van der Waals surface area contributed by atoms with Crippen LogP contribution in [-0.4, -0.2) is 23.3 Å². The lowest BCUT2D eigenvalue weighted by atomic mass is 9.98. The number of hydrogen-bond acceptors (Lipinski definition) is 3. The third-order valence-corrected chi connectivity index (χ3v) is 2.89. The second-order valence-electron chi connectivity index (χ2n) is 4.05. The van der Waals surface area contributed by atoms with Crippen LogP contribution in [0.4, 0.5) is 0 Å². The Morgan fingerprint density at radius 2 is 1.79 bits per heavy atom. The zero-order chi connectivity index (χ0) is 13.8. The van der Waals surface area contributed by atoms with Crippen LogP contribution in [0.3, 0.4) is 0 Å². The number of para-hydroxylation sites is 1. The Kier molecular flexibility index (Phi) is 3.82. The molecule has 98 valence electrons. The Balaban J connectivity index is 2.51. The number of aromatic carboxylic acids is 1. The number of carboxylic acid groups (broad SMARTS) is 1. The number of carboxylic acids is 1. The summed E-state index contributed by atoms with van der Waals surface area (Å²) in [7, 11) is 1.39. The summed E-state index contributed by atoms with van der Waals surface area (Å²) in [6.07, 6.45) is -0.921. The molecule has 0 aromatic heterocycles. The summed E-state index contributed by atoms with van der Waals surface area (Å²) in [6.45, 7) is 0. The maximum absolute atomic E-state index is 11.1. The van der Waals surface area contributed by atoms with Crippen molar-refractivity contribution >= 4 is 5.97 Å². The number of hydrogen-bond donors (Lipinski definition) is 2. The predicted molar refractivity (Wildman–Crippen MR) is 70.5 cm³/mol. The van der Waals surface area contributed by atoms with Gasteiger partial charge in [0, 0.05) is 5.56 Å². The zero-order valence-corrected chi connectivity index (χ0v) is 10.4. The van der Waals surface area contributed by atoms with Crippen molar-refractivity contribution in [2.75, 3.05) is 7.11 Å². The lowest BCUT2D eigenvalue weighted by Gasteiger charge is -2.16. The summed E-state index contributed by atoms with van der Waals surface area (Å²) < 4.78 is 5.14. The van der Waals surface area contributed by atoms with Crippen LogP contribution in [-0.2, 0) is 0 Å². The summed E-state index contributed by atoms with van der Waals surface area (Å²) in [5, 5.41) is 19.4. The van der Waals surface area contributed by atoms with Gasteiger partial charge in [-0.15, -0.1) is 0 Å². The first-order chi connectivity index (χ1) is 9.15. The summed E-state index contributed by atoms with van der Waals surface area (Å²) in [4.78, 5) is 11.1. The summed E-state index contributed by atoms with van der Waals surface area (Å²) in [6, 6.07) is 13.7. The molecule has 2 aromatic carbocycles. The molecule has 0 spiro atoms. The van der Waals surface area contributed by atoms with Gasteiger partial charge in [0.15, 0.2) is 0 Å². The van der Waals surface area contributed by atoms with E-state index in [1.807, 2.05) is 18.2 Å². The van der Waals surface area contributed by atoms with Gasteiger partial charge in [-0.3, -0.25) is 0 Å². The first kappa shape index (κ1) is 13.1. The predicted octanol–water partition coefficient (Wildman–Crippen LogP) is 2.48. The van der Waals surface area contributed by atoms with Crippen molar-refractivity contribution in [3.8, 4) is 5.75 Å². The van der Waals surface area contributed by atoms with Crippen LogP contribution in [0.15, 0.2) is 48.5 Å². The van der Waals surface area contributed by atoms with E-state index in [1.54, 1.807) is 24.3 Å². The van der Waals surface area contributed by atoms with Crippen LogP contribution >= 0.6 is 0 Å². The van der Waals surface area contributed by atoms with Gasteiger partial charge in [0.2, 0.25) is 0 Å². The summed E-state index contributed by atoms with van der Waals surface area (Å²) in [5.41, 5.74) is 1.16. The third kappa shape index (κ3) is 2.58. The van der Waals surface area contributed by atoms with E-state index in [0.717, 1.165) is 0 Å². The van der Waals surface area contributed by atoms with Crippen LogP contribution in [0.5, 0.6) is 5.75 Å². The lowest BCUT2D eigenvalue weighted by molar-refractivity contribution is 0.0692. The average Bonchev–Trinajstić information content (AvgIpc) is 2.46. The highest BCUT2D eigenvalue weighted by molar-refractivity contribution is 5.91. The molecule has 4 heteroatoms. The van der Waals surface area contributed by atoms with Crippen molar-refractivity contribution in [3.05, 3.63) is 65.2 Å². The monoisotopic (exact) mass is 258 g/mol. The maximum Gasteiger partial charge on any atom is 0.339 e. The molecule has 2 aromatic rings. The second kappa shape index (κ2) is 5.54. The van der Waals surface area contributed by atoms with Crippen molar-refractivity contribution in [3.63, 3.8) is 0 Å². The van der Waals surface area contributed by atoms with E-state index >= 15 is 0 Å². The van der Waals surface area contributed by atoms with Crippen molar-refractivity contribution < 1.29 is 19.7 Å². The minimum atomic E-state index is -1.08. The molecular weight excluding hydrogens is 244 g/mol. The largest absolute Gasteiger partial charge is 0.495 e. The minimum absolute atomic E-state index is 0.0370. The SMILES string of the molecule is COc1c(C(=O)O)cccc1C(O)c1ccccc1. The van der Waals surface area contributed by atoms with Crippen LogP contribution < -0.4 is 4.74 Å². The van der Waals surface area contributed by atoms with Gasteiger partial charge < -0.3 is 14.9 Å².